The van der Waals surface area contributed by atoms with Crippen LogP contribution in [-0.2, 0) is 6.42 Å². The van der Waals surface area contributed by atoms with Gasteiger partial charge in [-0.05, 0) is 91.9 Å². The van der Waals surface area contributed by atoms with Crippen LogP contribution in [0.1, 0.15) is 51.0 Å². The summed E-state index contributed by atoms with van der Waals surface area (Å²) in [6.45, 7) is 6.61. The molecular formula is C26H37NOS. The van der Waals surface area contributed by atoms with Crippen molar-refractivity contribution in [2.24, 2.45) is 17.6 Å². The van der Waals surface area contributed by atoms with Crippen LogP contribution in [0.2, 0.25) is 0 Å². The predicted octanol–water partition coefficient (Wildman–Crippen LogP) is 5.68. The fourth-order valence-electron chi connectivity index (χ4n) is 4.72. The zero-order chi connectivity index (χ0) is 20.7. The van der Waals surface area contributed by atoms with Crippen LogP contribution in [0.3, 0.4) is 0 Å². The maximum atomic E-state index is 9.53. The lowest BCUT2D eigenvalue weighted by molar-refractivity contribution is 0.197. The highest BCUT2D eigenvalue weighted by molar-refractivity contribution is 7.99. The molecule has 1 aromatic rings. The van der Waals surface area contributed by atoms with Crippen molar-refractivity contribution in [2.75, 3.05) is 18.1 Å². The summed E-state index contributed by atoms with van der Waals surface area (Å²) in [5, 5.41) is 9.53. The molecule has 3 atom stereocenters. The molecule has 0 spiro atoms. The number of aliphatic hydroxyl groups is 1. The second-order valence-electron chi connectivity index (χ2n) is 8.94. The van der Waals surface area contributed by atoms with Crippen molar-refractivity contribution in [1.29, 1.82) is 0 Å². The van der Waals surface area contributed by atoms with Gasteiger partial charge in [0.1, 0.15) is 0 Å². The van der Waals surface area contributed by atoms with Crippen LogP contribution < -0.4 is 5.73 Å². The summed E-state index contributed by atoms with van der Waals surface area (Å²) >= 11 is 2.10. The number of hydrogen-bond donors (Lipinski definition) is 2. The average Bonchev–Trinajstić information content (AvgIpc) is 3.16. The summed E-state index contributed by atoms with van der Waals surface area (Å²) in [6.07, 6.45) is 12.2. The van der Waals surface area contributed by atoms with E-state index in [1.54, 1.807) is 0 Å². The van der Waals surface area contributed by atoms with Crippen molar-refractivity contribution in [3.8, 4) is 0 Å². The second-order valence-corrected chi connectivity index (χ2v) is 10.1. The Hall–Kier alpha value is -1.29. The topological polar surface area (TPSA) is 46.2 Å². The second kappa shape index (κ2) is 10.7. The first-order chi connectivity index (χ1) is 14.0. The van der Waals surface area contributed by atoms with Gasteiger partial charge >= 0.3 is 0 Å². The smallest absolute Gasteiger partial charge is 0.0611 e. The highest BCUT2D eigenvalue weighted by Gasteiger charge is 2.36. The molecule has 0 unspecified atom stereocenters. The molecule has 29 heavy (non-hydrogen) atoms. The normalized spacial score (nSPS) is 30.2. The molecule has 1 aromatic carbocycles. The van der Waals surface area contributed by atoms with Crippen LogP contribution >= 0.6 is 11.8 Å². The molecule has 2 fully saturated rings. The third-order valence-electron chi connectivity index (χ3n) is 6.67. The first-order valence-electron chi connectivity index (χ1n) is 11.1. The number of aliphatic hydroxyl groups excluding tert-OH is 1. The van der Waals surface area contributed by atoms with Gasteiger partial charge in [0, 0.05) is 5.54 Å². The summed E-state index contributed by atoms with van der Waals surface area (Å²) in [6, 6.07) is 10.8. The number of thioether (sulfide) groups is 1. The molecule has 158 valence electrons. The van der Waals surface area contributed by atoms with Crippen molar-refractivity contribution < 1.29 is 5.11 Å². The van der Waals surface area contributed by atoms with E-state index in [0.717, 1.165) is 38.0 Å². The lowest BCUT2D eigenvalue weighted by Crippen LogP contribution is -2.40. The summed E-state index contributed by atoms with van der Waals surface area (Å²) in [7, 11) is 0. The number of nitrogens with two attached hydrogens (primary N) is 1. The van der Waals surface area contributed by atoms with Gasteiger partial charge in [-0.1, -0.05) is 54.6 Å². The van der Waals surface area contributed by atoms with E-state index in [2.05, 4.69) is 67.7 Å². The summed E-state index contributed by atoms with van der Waals surface area (Å²) < 4.78 is 0. The minimum absolute atomic E-state index is 0.0804. The van der Waals surface area contributed by atoms with Gasteiger partial charge in [0.15, 0.2) is 0 Å². The van der Waals surface area contributed by atoms with Gasteiger partial charge in [-0.25, -0.2) is 0 Å². The van der Waals surface area contributed by atoms with Crippen LogP contribution in [0.4, 0.5) is 0 Å². The molecular weight excluding hydrogens is 374 g/mol. The minimum atomic E-state index is -0.399. The third-order valence-corrected chi connectivity index (χ3v) is 7.87. The fourth-order valence-corrected chi connectivity index (χ4v) is 5.88. The van der Waals surface area contributed by atoms with E-state index >= 15 is 0 Å². The van der Waals surface area contributed by atoms with Crippen molar-refractivity contribution >= 4 is 11.8 Å². The van der Waals surface area contributed by atoms with E-state index in [9.17, 15) is 5.11 Å². The van der Waals surface area contributed by atoms with Crippen molar-refractivity contribution in [3.05, 3.63) is 71.3 Å². The Kier molecular flexibility index (Phi) is 8.23. The number of hydrogen-bond acceptors (Lipinski definition) is 3. The molecule has 0 radical (unpaired) electrons. The highest BCUT2D eigenvalue weighted by atomic mass is 32.2. The molecule has 3 rings (SSSR count). The van der Waals surface area contributed by atoms with Gasteiger partial charge in [-0.2, -0.15) is 11.8 Å². The highest BCUT2D eigenvalue weighted by Crippen LogP contribution is 2.40. The molecule has 3 N–H and O–H groups in total. The zero-order valence-electron chi connectivity index (χ0n) is 17.9. The van der Waals surface area contributed by atoms with Gasteiger partial charge in [-0.15, -0.1) is 0 Å². The number of aryl methyl sites for hydroxylation is 1. The standard InChI is InChI=1S/C26H37NOS/c1-3-23-16-22(18-29-14-12-21-7-5-4-6-8-21)9-10-24(23)15-20(2)25-11-13-26(27,17-25)19-28/h3-8,15,22,25,28H,2,9-14,16-19,27H2,1H3/b23-3-,24-15-/t22-,25+,26-/m1/s1. The molecule has 0 aromatic heterocycles. The number of allylic oxidation sites excluding steroid dienone is 5. The molecule has 2 aliphatic carbocycles. The Morgan fingerprint density at radius 1 is 1.28 bits per heavy atom. The van der Waals surface area contributed by atoms with Gasteiger partial charge in [0.05, 0.1) is 6.61 Å². The predicted molar refractivity (Wildman–Crippen MR) is 127 cm³/mol. The van der Waals surface area contributed by atoms with Gasteiger partial charge in [0.2, 0.25) is 0 Å². The van der Waals surface area contributed by atoms with E-state index < -0.39 is 5.54 Å². The maximum absolute atomic E-state index is 9.53. The fraction of sp³-hybridized carbons (Fsp3) is 0.538. The van der Waals surface area contributed by atoms with Crippen molar-refractivity contribution in [3.63, 3.8) is 0 Å². The first kappa shape index (κ1) is 22.4. The molecule has 0 saturated heterocycles. The summed E-state index contributed by atoms with van der Waals surface area (Å²) in [4.78, 5) is 0. The minimum Gasteiger partial charge on any atom is -0.394 e. The quantitative estimate of drug-likeness (QED) is 0.541. The van der Waals surface area contributed by atoms with Gasteiger partial charge in [0.25, 0.3) is 0 Å². The molecule has 2 aliphatic rings. The van der Waals surface area contributed by atoms with Crippen LogP contribution in [0, 0.1) is 11.8 Å². The van der Waals surface area contributed by atoms with E-state index in [4.69, 9.17) is 5.73 Å². The molecule has 0 heterocycles. The SMILES string of the molecule is C=C(/C=C1/CC[C@@H](CSCCc2ccccc2)C/C1=C/C)[C@H]1CC[C@](N)(CO)C1. The molecule has 0 bridgehead atoms. The molecule has 2 nitrogen and oxygen atoms in total. The van der Waals surface area contributed by atoms with Crippen LogP contribution in [0.15, 0.2) is 65.8 Å². The van der Waals surface area contributed by atoms with E-state index in [-0.39, 0.29) is 6.61 Å². The Morgan fingerprint density at radius 3 is 2.76 bits per heavy atom. The lowest BCUT2D eigenvalue weighted by Gasteiger charge is -2.27. The van der Waals surface area contributed by atoms with Gasteiger partial charge in [-0.3, -0.25) is 0 Å². The lowest BCUT2D eigenvalue weighted by atomic mass is 9.81. The van der Waals surface area contributed by atoms with Gasteiger partial charge < -0.3 is 10.8 Å². The maximum Gasteiger partial charge on any atom is 0.0611 e. The first-order valence-corrected chi connectivity index (χ1v) is 12.2. The summed E-state index contributed by atoms with van der Waals surface area (Å²) in [5.74, 6) is 3.67. The number of rotatable bonds is 8. The molecule has 3 heteroatoms. The third kappa shape index (κ3) is 6.34. The monoisotopic (exact) mass is 411 g/mol. The number of benzene rings is 1. The summed E-state index contributed by atoms with van der Waals surface area (Å²) in [5.41, 5.74) is 11.5. The Labute approximate surface area is 181 Å². The average molecular weight is 412 g/mol. The van der Waals surface area contributed by atoms with Crippen LogP contribution in [0.25, 0.3) is 0 Å². The van der Waals surface area contributed by atoms with E-state index in [1.165, 1.54) is 46.6 Å². The van der Waals surface area contributed by atoms with Crippen LogP contribution in [0.5, 0.6) is 0 Å². The van der Waals surface area contributed by atoms with Crippen molar-refractivity contribution in [2.45, 2.75) is 57.4 Å². The molecule has 0 amide bonds. The zero-order valence-corrected chi connectivity index (χ0v) is 18.7. The van der Waals surface area contributed by atoms with E-state index in [0.29, 0.717) is 5.92 Å². The van der Waals surface area contributed by atoms with Crippen LogP contribution in [-0.4, -0.2) is 28.8 Å². The molecule has 2 saturated carbocycles. The Balaban J connectivity index is 1.46. The Morgan fingerprint density at radius 2 is 2.07 bits per heavy atom. The Bertz CT molecular complexity index is 738. The molecule has 0 aliphatic heterocycles. The van der Waals surface area contributed by atoms with Crippen molar-refractivity contribution in [1.82, 2.24) is 0 Å². The largest absolute Gasteiger partial charge is 0.394 e. The van der Waals surface area contributed by atoms with E-state index in [1.807, 2.05) is 0 Å².